The van der Waals surface area contributed by atoms with Gasteiger partial charge in [0.25, 0.3) is 11.6 Å². The number of rotatable bonds is 4. The van der Waals surface area contributed by atoms with Gasteiger partial charge in [-0.2, -0.15) is 0 Å². The number of hydrogen-bond acceptors (Lipinski definition) is 5. The fraction of sp³-hybridized carbons (Fsp3) is 0.158. The second-order valence-electron chi connectivity index (χ2n) is 5.71. The molecule has 0 radical (unpaired) electrons. The van der Waals surface area contributed by atoms with Gasteiger partial charge in [0, 0.05) is 12.1 Å². The number of nitrogens with zero attached hydrogens (tertiary/aromatic N) is 2. The minimum atomic E-state index is -0.445. The molecule has 0 bridgehead atoms. The van der Waals surface area contributed by atoms with Gasteiger partial charge in [-0.05, 0) is 60.0 Å². The van der Waals surface area contributed by atoms with E-state index < -0.39 is 4.92 Å². The van der Waals surface area contributed by atoms with Crippen LogP contribution in [-0.2, 0) is 11.2 Å². The Morgan fingerprint density at radius 3 is 2.54 bits per heavy atom. The number of carbonyl (C=O) groups is 1. The van der Waals surface area contributed by atoms with Crippen LogP contribution < -0.4 is 5.32 Å². The van der Waals surface area contributed by atoms with Crippen molar-refractivity contribution in [1.29, 1.82) is 0 Å². The van der Waals surface area contributed by atoms with Crippen LogP contribution in [0.25, 0.3) is 5.57 Å². The molecule has 1 N–H and O–H groups in total. The third-order valence-electron chi connectivity index (χ3n) is 4.07. The fourth-order valence-corrected chi connectivity index (χ4v) is 3.51. The van der Waals surface area contributed by atoms with Gasteiger partial charge in [-0.15, -0.1) is 0 Å². The first-order valence-corrected chi connectivity index (χ1v) is 8.92. The average molecular weight is 367 g/mol. The van der Waals surface area contributed by atoms with Crippen LogP contribution in [0.15, 0.2) is 58.4 Å². The van der Waals surface area contributed by atoms with E-state index in [0.29, 0.717) is 10.1 Å². The lowest BCUT2D eigenvalue weighted by molar-refractivity contribution is -0.384. The molecule has 1 amide bonds. The Kier molecular flexibility index (Phi) is 5.18. The molecule has 1 saturated heterocycles. The van der Waals surface area contributed by atoms with Gasteiger partial charge >= 0.3 is 0 Å². The van der Waals surface area contributed by atoms with Crippen molar-refractivity contribution < 1.29 is 9.72 Å². The maximum atomic E-state index is 12.3. The number of amidine groups is 1. The number of nitro benzene ring substituents is 1. The van der Waals surface area contributed by atoms with Gasteiger partial charge in [0.15, 0.2) is 5.17 Å². The molecule has 1 fully saturated rings. The highest BCUT2D eigenvalue weighted by molar-refractivity contribution is 8.18. The topological polar surface area (TPSA) is 84.6 Å². The lowest BCUT2D eigenvalue weighted by Gasteiger charge is -2.04. The first-order chi connectivity index (χ1) is 12.5. The highest BCUT2D eigenvalue weighted by Gasteiger charge is 2.26. The summed E-state index contributed by atoms with van der Waals surface area (Å²) in [5.41, 5.74) is 3.50. The van der Waals surface area contributed by atoms with Gasteiger partial charge < -0.3 is 5.32 Å². The van der Waals surface area contributed by atoms with Crippen LogP contribution >= 0.6 is 11.8 Å². The van der Waals surface area contributed by atoms with Crippen molar-refractivity contribution in [2.45, 2.75) is 20.3 Å². The fourth-order valence-electron chi connectivity index (χ4n) is 2.61. The molecule has 0 spiro atoms. The normalized spacial score (nSPS) is 17.3. The number of thioether (sulfide) groups is 1. The van der Waals surface area contributed by atoms with Gasteiger partial charge in [0.05, 0.1) is 15.5 Å². The highest BCUT2D eigenvalue weighted by Crippen LogP contribution is 2.33. The number of allylic oxidation sites excluding steroid dienone is 1. The van der Waals surface area contributed by atoms with E-state index in [-0.39, 0.29) is 11.6 Å². The Labute approximate surface area is 155 Å². The Hall–Kier alpha value is -2.93. The largest absolute Gasteiger partial charge is 0.300 e. The Bertz CT molecular complexity index is 933. The number of carbonyl (C=O) groups excluding carboxylic acids is 1. The van der Waals surface area contributed by atoms with Crippen molar-refractivity contribution in [2.75, 3.05) is 0 Å². The quantitative estimate of drug-likeness (QED) is 0.492. The minimum Gasteiger partial charge on any atom is -0.300 e. The maximum absolute atomic E-state index is 12.3. The molecule has 1 aliphatic heterocycles. The summed E-state index contributed by atoms with van der Waals surface area (Å²) in [5, 5.41) is 14.1. The molecule has 6 nitrogen and oxygen atoms in total. The number of aliphatic imine (C=N–C) groups is 1. The van der Waals surface area contributed by atoms with Gasteiger partial charge in [0.2, 0.25) is 0 Å². The van der Waals surface area contributed by atoms with E-state index in [1.54, 1.807) is 12.1 Å². The molecule has 1 aliphatic rings. The second kappa shape index (κ2) is 7.53. The number of nitro groups is 1. The smallest absolute Gasteiger partial charge is 0.269 e. The molecule has 26 heavy (non-hydrogen) atoms. The number of benzene rings is 2. The summed E-state index contributed by atoms with van der Waals surface area (Å²) in [6.07, 6.45) is 0.857. The molecular formula is C19H17N3O3S. The van der Waals surface area contributed by atoms with Crippen LogP contribution in [-0.4, -0.2) is 16.0 Å². The number of amides is 1. The zero-order valence-corrected chi connectivity index (χ0v) is 15.2. The first kappa shape index (κ1) is 17.9. The summed E-state index contributed by atoms with van der Waals surface area (Å²) in [6, 6.07) is 14.0. The van der Waals surface area contributed by atoms with Gasteiger partial charge in [0.1, 0.15) is 0 Å². The highest BCUT2D eigenvalue weighted by atomic mass is 32.2. The summed E-state index contributed by atoms with van der Waals surface area (Å²) in [7, 11) is 0. The van der Waals surface area contributed by atoms with Crippen molar-refractivity contribution in [3.63, 3.8) is 0 Å². The van der Waals surface area contributed by atoms with Crippen LogP contribution in [0.1, 0.15) is 25.0 Å². The molecule has 7 heteroatoms. The van der Waals surface area contributed by atoms with Crippen molar-refractivity contribution in [3.8, 4) is 0 Å². The number of hydrogen-bond donors (Lipinski definition) is 1. The van der Waals surface area contributed by atoms with Crippen LogP contribution in [0.3, 0.4) is 0 Å². The Morgan fingerprint density at radius 2 is 1.88 bits per heavy atom. The van der Waals surface area contributed by atoms with Crippen molar-refractivity contribution >= 4 is 39.8 Å². The lowest BCUT2D eigenvalue weighted by atomic mass is 10.1. The monoisotopic (exact) mass is 367 g/mol. The standard InChI is InChI=1S/C19H17N3O3S/c1-3-13-6-4-5-7-16(13)20-19-21-18(23)17(26-19)12(2)14-8-10-15(11-9-14)22(24)25/h4-11H,3H2,1-2H3,(H,20,21,23)/b17-12-. The predicted octanol–water partition coefficient (Wildman–Crippen LogP) is 4.44. The Morgan fingerprint density at radius 1 is 1.19 bits per heavy atom. The van der Waals surface area contributed by atoms with E-state index in [1.165, 1.54) is 23.9 Å². The number of aryl methyl sites for hydroxylation is 1. The summed E-state index contributed by atoms with van der Waals surface area (Å²) < 4.78 is 0. The van der Waals surface area contributed by atoms with E-state index in [1.807, 2.05) is 31.2 Å². The summed E-state index contributed by atoms with van der Waals surface area (Å²) in [5.74, 6) is -0.210. The maximum Gasteiger partial charge on any atom is 0.269 e. The van der Waals surface area contributed by atoms with Gasteiger partial charge in [-0.1, -0.05) is 25.1 Å². The Balaban J connectivity index is 1.90. The third kappa shape index (κ3) is 3.67. The predicted molar refractivity (Wildman–Crippen MR) is 104 cm³/mol. The molecule has 0 saturated carbocycles. The van der Waals surface area contributed by atoms with Crippen LogP contribution in [0.5, 0.6) is 0 Å². The molecule has 0 unspecified atom stereocenters. The molecule has 132 valence electrons. The molecule has 0 aromatic heterocycles. The number of non-ortho nitro benzene ring substituents is 1. The van der Waals surface area contributed by atoms with Crippen molar-refractivity contribution in [1.82, 2.24) is 5.32 Å². The van der Waals surface area contributed by atoms with E-state index in [4.69, 9.17) is 0 Å². The van der Waals surface area contributed by atoms with E-state index in [2.05, 4.69) is 17.2 Å². The third-order valence-corrected chi connectivity index (χ3v) is 5.15. The first-order valence-electron chi connectivity index (χ1n) is 8.11. The number of nitrogens with one attached hydrogen (secondary N) is 1. The average Bonchev–Trinajstić information content (AvgIpc) is 3.01. The molecule has 2 aromatic rings. The zero-order valence-electron chi connectivity index (χ0n) is 14.4. The summed E-state index contributed by atoms with van der Waals surface area (Å²) in [4.78, 5) is 27.8. The lowest BCUT2D eigenvalue weighted by Crippen LogP contribution is -2.19. The van der Waals surface area contributed by atoms with E-state index in [0.717, 1.165) is 28.8 Å². The molecule has 1 heterocycles. The summed E-state index contributed by atoms with van der Waals surface area (Å²) in [6.45, 7) is 3.88. The van der Waals surface area contributed by atoms with Crippen LogP contribution in [0, 0.1) is 10.1 Å². The van der Waals surface area contributed by atoms with E-state index >= 15 is 0 Å². The zero-order chi connectivity index (χ0) is 18.7. The molecule has 2 aromatic carbocycles. The molecule has 3 rings (SSSR count). The van der Waals surface area contributed by atoms with Crippen LogP contribution in [0.2, 0.25) is 0 Å². The minimum absolute atomic E-state index is 0.0218. The number of para-hydroxylation sites is 1. The van der Waals surface area contributed by atoms with Crippen molar-refractivity contribution in [2.24, 2.45) is 4.99 Å². The molecule has 0 atom stereocenters. The second-order valence-corrected chi connectivity index (χ2v) is 6.71. The molecule has 0 aliphatic carbocycles. The van der Waals surface area contributed by atoms with E-state index in [9.17, 15) is 14.9 Å². The SMILES string of the molecule is CCc1ccccc1N=C1NC(=O)/C(=C(\C)c2ccc([N+](=O)[O-])cc2)S1. The van der Waals surface area contributed by atoms with Gasteiger partial charge in [-0.25, -0.2) is 4.99 Å². The molecular weight excluding hydrogens is 350 g/mol. The summed E-state index contributed by atoms with van der Waals surface area (Å²) >= 11 is 1.28. The van der Waals surface area contributed by atoms with Crippen molar-refractivity contribution in [3.05, 3.63) is 74.7 Å². The van der Waals surface area contributed by atoms with Crippen LogP contribution in [0.4, 0.5) is 11.4 Å². The van der Waals surface area contributed by atoms with Gasteiger partial charge in [-0.3, -0.25) is 14.9 Å².